The lowest BCUT2D eigenvalue weighted by Crippen LogP contribution is -2.63. The number of amides is 1. The smallest absolute Gasteiger partial charge is 0.360 e. The molecular weight excluding hydrogens is 470 g/mol. The second kappa shape index (κ2) is 11.3. The molecule has 3 N–H and O–H groups in total. The van der Waals surface area contributed by atoms with Crippen molar-refractivity contribution in [1.82, 2.24) is 25.5 Å². The van der Waals surface area contributed by atoms with Crippen LogP contribution < -0.4 is 5.32 Å². The van der Waals surface area contributed by atoms with Crippen molar-refractivity contribution in [2.24, 2.45) is 18.0 Å². The van der Waals surface area contributed by atoms with Crippen molar-refractivity contribution in [1.29, 1.82) is 5.26 Å². The molecule has 31 heavy (non-hydrogen) atoms. The maximum atomic E-state index is 12.2. The van der Waals surface area contributed by atoms with Gasteiger partial charge in [0.2, 0.25) is 11.1 Å². The van der Waals surface area contributed by atoms with Gasteiger partial charge in [-0.2, -0.15) is 5.26 Å². The Morgan fingerprint density at radius 1 is 1.45 bits per heavy atom. The Hall–Kier alpha value is -2.35. The molecule has 3 atom stereocenters. The molecule has 0 radical (unpaired) electrons. The Labute approximate surface area is 189 Å². The number of rotatable bonds is 11. The molecule has 16 heteroatoms. The van der Waals surface area contributed by atoms with Crippen molar-refractivity contribution >= 4 is 58.8 Å². The molecule has 0 bridgehead atoms. The molecular formula is C15H19N7O6S3. The standard InChI is InChI=1S/C15H19N7O6S3/c1-22-14(19-20-21-22)31-6-8-5-30-12(17-10(8)11(24)25)15(28-2,13(26)27)18-9(23)7-29-4-3-16/h8,12H,4-7H2,1-2H3,(H,18,23)(H,24,25)(H,26,27)/t8-,12-,15-/m1/s1. The minimum atomic E-state index is -2.26. The third-order valence-corrected chi connectivity index (χ3v) is 7.35. The summed E-state index contributed by atoms with van der Waals surface area (Å²) in [5.41, 5.74) is -2.48. The van der Waals surface area contributed by atoms with Crippen molar-refractivity contribution in [3.63, 3.8) is 0 Å². The number of nitrogens with one attached hydrogen (secondary N) is 1. The molecule has 1 aliphatic rings. The molecule has 0 saturated heterocycles. The molecule has 0 aliphatic carbocycles. The Kier molecular flexibility index (Phi) is 9.10. The summed E-state index contributed by atoms with van der Waals surface area (Å²) in [6.45, 7) is 0. The predicted molar refractivity (Wildman–Crippen MR) is 113 cm³/mol. The topological polar surface area (TPSA) is 193 Å². The minimum Gasteiger partial charge on any atom is -0.478 e. The van der Waals surface area contributed by atoms with Gasteiger partial charge >= 0.3 is 11.9 Å². The average molecular weight is 490 g/mol. The van der Waals surface area contributed by atoms with Gasteiger partial charge in [-0.15, -0.1) is 28.6 Å². The molecule has 0 spiro atoms. The second-order valence-electron chi connectivity index (χ2n) is 6.04. The van der Waals surface area contributed by atoms with Gasteiger partial charge in [0.15, 0.2) is 5.37 Å². The van der Waals surface area contributed by atoms with Crippen LogP contribution in [0.15, 0.2) is 10.1 Å². The summed E-state index contributed by atoms with van der Waals surface area (Å²) in [6.07, 6.45) is 0. The molecule has 1 aliphatic heterocycles. The first kappa shape index (κ1) is 24.9. The molecule has 168 valence electrons. The number of ether oxygens (including phenoxy) is 1. The number of carbonyl (C=O) groups excluding carboxylic acids is 1. The van der Waals surface area contributed by atoms with Gasteiger partial charge in [-0.1, -0.05) is 11.8 Å². The number of hydrogen-bond acceptors (Lipinski definition) is 12. The van der Waals surface area contributed by atoms with Gasteiger partial charge in [-0.05, 0) is 10.4 Å². The van der Waals surface area contributed by atoms with Crippen molar-refractivity contribution in [3.8, 4) is 6.07 Å². The van der Waals surface area contributed by atoms with Crippen LogP contribution in [0, 0.1) is 17.2 Å². The first-order valence-corrected chi connectivity index (χ1v) is 11.8. The molecule has 1 amide bonds. The van der Waals surface area contributed by atoms with E-state index in [1.807, 2.05) is 6.07 Å². The molecule has 0 unspecified atom stereocenters. The fraction of sp³-hybridized carbons (Fsp3) is 0.600. The highest BCUT2D eigenvalue weighted by molar-refractivity contribution is 8.00. The van der Waals surface area contributed by atoms with Gasteiger partial charge in [0.1, 0.15) is 5.71 Å². The number of nitrogens with zero attached hydrogens (tertiary/aromatic N) is 6. The number of thioether (sulfide) groups is 3. The van der Waals surface area contributed by atoms with E-state index >= 15 is 0 Å². The van der Waals surface area contributed by atoms with Crippen molar-refractivity contribution in [3.05, 3.63) is 0 Å². The number of methoxy groups -OCH3 is 1. The number of aliphatic carboxylic acids is 2. The van der Waals surface area contributed by atoms with Crippen LogP contribution in [-0.4, -0.2) is 95.2 Å². The van der Waals surface area contributed by atoms with Gasteiger partial charge in [0.25, 0.3) is 5.72 Å². The summed E-state index contributed by atoms with van der Waals surface area (Å²) in [7, 11) is 2.74. The van der Waals surface area contributed by atoms with Gasteiger partial charge in [0, 0.05) is 31.6 Å². The monoisotopic (exact) mass is 489 g/mol. The first-order chi connectivity index (χ1) is 14.7. The average Bonchev–Trinajstić information content (AvgIpc) is 3.15. The summed E-state index contributed by atoms with van der Waals surface area (Å²) in [6, 6.07) is 1.86. The molecule has 2 heterocycles. The zero-order valence-electron chi connectivity index (χ0n) is 16.4. The predicted octanol–water partition coefficient (Wildman–Crippen LogP) is -0.683. The molecule has 1 aromatic rings. The van der Waals surface area contributed by atoms with Crippen LogP contribution in [0.3, 0.4) is 0 Å². The summed E-state index contributed by atoms with van der Waals surface area (Å²) < 4.78 is 6.60. The SMILES string of the molecule is CO[C@@](NC(=O)CSCC#N)(C(=O)O)[C@@H]1N=C(C(=O)O)[C@@H](CSc2nnnn2C)CS1. The summed E-state index contributed by atoms with van der Waals surface area (Å²) in [5, 5.41) is 40.6. The van der Waals surface area contributed by atoms with E-state index in [-0.39, 0.29) is 23.0 Å². The highest BCUT2D eigenvalue weighted by Gasteiger charge is 2.51. The molecule has 0 fully saturated rings. The third-order valence-electron chi connectivity index (χ3n) is 4.02. The molecule has 13 nitrogen and oxygen atoms in total. The van der Waals surface area contributed by atoms with Crippen molar-refractivity contribution in [2.45, 2.75) is 16.3 Å². The van der Waals surface area contributed by atoms with E-state index in [0.717, 1.165) is 30.6 Å². The molecule has 0 aromatic carbocycles. The Bertz CT molecular complexity index is 904. The highest BCUT2D eigenvalue weighted by Crippen LogP contribution is 2.34. The van der Waals surface area contributed by atoms with Crippen LogP contribution in [0.4, 0.5) is 0 Å². The van der Waals surface area contributed by atoms with Crippen LogP contribution in [0.25, 0.3) is 0 Å². The second-order valence-corrected chi connectivity index (χ2v) is 9.13. The van der Waals surface area contributed by atoms with E-state index in [1.54, 1.807) is 7.05 Å². The lowest BCUT2D eigenvalue weighted by molar-refractivity contribution is -0.169. The van der Waals surface area contributed by atoms with Crippen molar-refractivity contribution in [2.75, 3.05) is 30.1 Å². The number of tetrazole rings is 1. The fourth-order valence-corrected chi connectivity index (χ4v) is 5.44. The van der Waals surface area contributed by atoms with E-state index in [9.17, 15) is 24.6 Å². The number of carbonyl (C=O) groups is 3. The van der Waals surface area contributed by atoms with E-state index in [0.29, 0.717) is 10.9 Å². The summed E-state index contributed by atoms with van der Waals surface area (Å²) >= 11 is 3.31. The largest absolute Gasteiger partial charge is 0.478 e. The lowest BCUT2D eigenvalue weighted by atomic mass is 10.1. The first-order valence-electron chi connectivity index (χ1n) is 8.57. The van der Waals surface area contributed by atoms with E-state index in [4.69, 9.17) is 10.00 Å². The molecule has 0 saturated carbocycles. The number of hydrogen-bond donors (Lipinski definition) is 3. The van der Waals surface area contributed by atoms with Gasteiger partial charge in [-0.25, -0.2) is 14.3 Å². The van der Waals surface area contributed by atoms with Crippen molar-refractivity contribution < 1.29 is 29.3 Å². The number of carboxylic acid groups (broad SMARTS) is 2. The number of aryl methyl sites for hydroxylation is 1. The summed E-state index contributed by atoms with van der Waals surface area (Å²) in [4.78, 5) is 40.2. The number of carboxylic acids is 2. The summed E-state index contributed by atoms with van der Waals surface area (Å²) in [5.74, 6) is -3.56. The van der Waals surface area contributed by atoms with E-state index in [2.05, 4.69) is 25.8 Å². The Morgan fingerprint density at radius 2 is 2.19 bits per heavy atom. The zero-order valence-corrected chi connectivity index (χ0v) is 18.9. The van der Waals surface area contributed by atoms with Crippen LogP contribution in [0.5, 0.6) is 0 Å². The van der Waals surface area contributed by atoms with E-state index < -0.39 is 34.9 Å². The number of aromatic nitrogens is 4. The fourth-order valence-electron chi connectivity index (χ4n) is 2.53. The van der Waals surface area contributed by atoms with Crippen LogP contribution in [-0.2, 0) is 26.2 Å². The van der Waals surface area contributed by atoms with Crippen LogP contribution >= 0.6 is 35.3 Å². The number of nitriles is 1. The molecule has 1 aromatic heterocycles. The number of aliphatic imine (C=N–C) groups is 1. The maximum Gasteiger partial charge on any atom is 0.360 e. The molecule has 2 rings (SSSR count). The highest BCUT2D eigenvalue weighted by atomic mass is 32.2. The quantitative estimate of drug-likeness (QED) is 0.201. The normalized spacial score (nSPS) is 20.2. The third kappa shape index (κ3) is 6.09. The van der Waals surface area contributed by atoms with Gasteiger partial charge < -0.3 is 20.3 Å². The van der Waals surface area contributed by atoms with Gasteiger partial charge in [-0.3, -0.25) is 9.79 Å². The van der Waals surface area contributed by atoms with Gasteiger partial charge in [0.05, 0.1) is 17.6 Å². The minimum absolute atomic E-state index is 0.0559. The zero-order chi connectivity index (χ0) is 23.0. The lowest BCUT2D eigenvalue weighted by Gasteiger charge is -2.37. The van der Waals surface area contributed by atoms with Crippen LogP contribution in [0.2, 0.25) is 0 Å². The Balaban J connectivity index is 2.22. The Morgan fingerprint density at radius 3 is 2.74 bits per heavy atom. The maximum absolute atomic E-state index is 12.2. The van der Waals surface area contributed by atoms with E-state index in [1.165, 1.54) is 16.4 Å². The van der Waals surface area contributed by atoms with Crippen LogP contribution in [0.1, 0.15) is 0 Å².